The minimum absolute atomic E-state index is 0.0574. The van der Waals surface area contributed by atoms with Crippen molar-refractivity contribution in [1.82, 2.24) is 4.83 Å². The lowest BCUT2D eigenvalue weighted by atomic mass is 9.71. The van der Waals surface area contributed by atoms with E-state index in [0.717, 1.165) is 34.4 Å². The molecule has 0 radical (unpaired) electrons. The molecule has 7 nitrogen and oxygen atoms in total. The van der Waals surface area contributed by atoms with Crippen molar-refractivity contribution >= 4 is 15.7 Å². The van der Waals surface area contributed by atoms with Crippen LogP contribution in [0.4, 0.5) is 0 Å². The fourth-order valence-corrected chi connectivity index (χ4v) is 6.27. The Labute approximate surface area is 225 Å². The Bertz CT molecular complexity index is 1060. The van der Waals surface area contributed by atoms with Crippen LogP contribution < -0.4 is 4.83 Å². The molecule has 0 saturated heterocycles. The van der Waals surface area contributed by atoms with Gasteiger partial charge < -0.3 is 14.2 Å². The van der Waals surface area contributed by atoms with Gasteiger partial charge in [0, 0.05) is 18.2 Å². The highest BCUT2D eigenvalue weighted by atomic mass is 32.2. The lowest BCUT2D eigenvalue weighted by molar-refractivity contribution is -0.0607. The number of hydrogen-bond donors (Lipinski definition) is 1. The fraction of sp³-hybridized carbons (Fsp3) is 0.690. The molecule has 1 aromatic rings. The molecule has 1 N–H and O–H groups in total. The van der Waals surface area contributed by atoms with E-state index < -0.39 is 15.4 Å². The summed E-state index contributed by atoms with van der Waals surface area (Å²) < 4.78 is 43.7. The zero-order valence-electron chi connectivity index (χ0n) is 24.5. The normalized spacial score (nSPS) is 17.5. The molecule has 0 saturated carbocycles. The second-order valence-corrected chi connectivity index (χ2v) is 13.0. The quantitative estimate of drug-likeness (QED) is 0.135. The Balaban J connectivity index is 2.36. The highest BCUT2D eigenvalue weighted by Gasteiger charge is 2.35. The average Bonchev–Trinajstić information content (AvgIpc) is 2.81. The summed E-state index contributed by atoms with van der Waals surface area (Å²) in [6, 6.07) is 4.09. The van der Waals surface area contributed by atoms with Crippen molar-refractivity contribution in [3.8, 4) is 0 Å². The number of benzene rings is 1. The molecule has 210 valence electrons. The maximum absolute atomic E-state index is 13.8. The van der Waals surface area contributed by atoms with Gasteiger partial charge in [-0.2, -0.15) is 13.5 Å². The van der Waals surface area contributed by atoms with Crippen molar-refractivity contribution in [2.24, 2.45) is 10.5 Å². The van der Waals surface area contributed by atoms with Crippen LogP contribution in [0, 0.1) is 5.41 Å². The van der Waals surface area contributed by atoms with E-state index in [2.05, 4.69) is 44.6 Å². The number of sulfonamides is 1. The average molecular weight is 537 g/mol. The predicted octanol–water partition coefficient (Wildman–Crippen LogP) is 6.46. The van der Waals surface area contributed by atoms with E-state index in [1.54, 1.807) is 7.11 Å². The summed E-state index contributed by atoms with van der Waals surface area (Å²) in [5.74, 6) is 0.424. The minimum Gasteiger partial charge on any atom is -0.382 e. The first kappa shape index (κ1) is 31.5. The third-order valence-electron chi connectivity index (χ3n) is 7.22. The number of nitrogens with one attached hydrogen (secondary N) is 1. The van der Waals surface area contributed by atoms with E-state index >= 15 is 0 Å². The van der Waals surface area contributed by atoms with Crippen LogP contribution in [-0.2, 0) is 24.2 Å². The molecular formula is C29H48N2O5S. The molecule has 1 aliphatic rings. The van der Waals surface area contributed by atoms with E-state index in [1.807, 2.05) is 39.8 Å². The number of allylic oxidation sites excluding steroid dienone is 1. The molecule has 2 rings (SSSR count). The zero-order chi connectivity index (χ0) is 28.0. The smallest absolute Gasteiger partial charge is 0.277 e. The molecule has 0 amide bonds. The molecule has 0 heterocycles. The topological polar surface area (TPSA) is 86.2 Å². The number of nitrogens with zero attached hydrogens (tertiary/aromatic N) is 1. The van der Waals surface area contributed by atoms with Crippen LogP contribution in [0.1, 0.15) is 110 Å². The molecule has 0 unspecified atom stereocenters. The summed E-state index contributed by atoms with van der Waals surface area (Å²) in [7, 11) is -2.25. The Kier molecular flexibility index (Phi) is 11.4. The van der Waals surface area contributed by atoms with Crippen LogP contribution in [0.5, 0.6) is 0 Å². The van der Waals surface area contributed by atoms with Crippen LogP contribution in [0.3, 0.4) is 0 Å². The van der Waals surface area contributed by atoms with Crippen molar-refractivity contribution in [3.63, 3.8) is 0 Å². The van der Waals surface area contributed by atoms with Crippen LogP contribution >= 0.6 is 0 Å². The Morgan fingerprint density at radius 2 is 1.54 bits per heavy atom. The number of methoxy groups -OCH3 is 1. The summed E-state index contributed by atoms with van der Waals surface area (Å²) in [6.45, 7) is 20.3. The van der Waals surface area contributed by atoms with Crippen LogP contribution in [0.15, 0.2) is 33.3 Å². The Hall–Kier alpha value is -1.74. The van der Waals surface area contributed by atoms with Gasteiger partial charge in [0.2, 0.25) is 0 Å². The lowest BCUT2D eigenvalue weighted by Gasteiger charge is -2.35. The van der Waals surface area contributed by atoms with Crippen LogP contribution in [-0.4, -0.2) is 47.9 Å². The van der Waals surface area contributed by atoms with Gasteiger partial charge in [0.25, 0.3) is 10.0 Å². The third-order valence-corrected chi connectivity index (χ3v) is 8.56. The molecular weight excluding hydrogens is 488 g/mol. The van der Waals surface area contributed by atoms with Crippen LogP contribution in [0.2, 0.25) is 0 Å². The molecule has 0 aromatic heterocycles. The molecule has 0 spiro atoms. The molecule has 37 heavy (non-hydrogen) atoms. The number of rotatable bonds is 13. The van der Waals surface area contributed by atoms with Crippen molar-refractivity contribution in [3.05, 3.63) is 40.0 Å². The summed E-state index contributed by atoms with van der Waals surface area (Å²) in [5, 5.41) is 4.54. The van der Waals surface area contributed by atoms with Gasteiger partial charge in [0.1, 0.15) is 6.79 Å². The standard InChI is InChI=1S/C29H48N2O5S/c1-19(2)23-15-24(20(3)4)28(25(16-23)21(5)6)37(32,33)31-30-27-12-11-22(7)26(29(27,8)9)17-36-18-35-14-13-34-10/h15-16,19-21,31H,11-14,17-18H2,1-10H3/b30-27-. The third kappa shape index (κ3) is 7.88. The maximum Gasteiger partial charge on any atom is 0.277 e. The first-order valence-corrected chi connectivity index (χ1v) is 14.8. The highest BCUT2D eigenvalue weighted by Crippen LogP contribution is 2.39. The van der Waals surface area contributed by atoms with Crippen molar-refractivity contribution < 1.29 is 22.6 Å². The summed E-state index contributed by atoms with van der Waals surface area (Å²) >= 11 is 0. The summed E-state index contributed by atoms with van der Waals surface area (Å²) in [6.07, 6.45) is 1.50. The van der Waals surface area contributed by atoms with Crippen molar-refractivity contribution in [1.29, 1.82) is 0 Å². The fourth-order valence-electron chi connectivity index (χ4n) is 4.74. The predicted molar refractivity (Wildman–Crippen MR) is 151 cm³/mol. The van der Waals surface area contributed by atoms with E-state index in [-0.39, 0.29) is 18.6 Å². The second-order valence-electron chi connectivity index (χ2n) is 11.4. The highest BCUT2D eigenvalue weighted by molar-refractivity contribution is 7.89. The summed E-state index contributed by atoms with van der Waals surface area (Å²) in [4.78, 5) is 2.99. The number of hydrogen-bond acceptors (Lipinski definition) is 6. The van der Waals surface area contributed by atoms with Gasteiger partial charge in [-0.3, -0.25) is 0 Å². The van der Waals surface area contributed by atoms with Crippen LogP contribution in [0.25, 0.3) is 0 Å². The van der Waals surface area contributed by atoms with Crippen molar-refractivity contribution in [2.75, 3.05) is 33.7 Å². The summed E-state index contributed by atoms with van der Waals surface area (Å²) in [5.41, 5.74) is 5.55. The Morgan fingerprint density at radius 3 is 2.05 bits per heavy atom. The van der Waals surface area contributed by atoms with Gasteiger partial charge in [0.15, 0.2) is 0 Å². The molecule has 1 aromatic carbocycles. The van der Waals surface area contributed by atoms with Gasteiger partial charge in [-0.15, -0.1) is 0 Å². The van der Waals surface area contributed by atoms with E-state index in [1.165, 1.54) is 5.57 Å². The SMILES string of the molecule is COCCOCOCC1=C(C)CC/C(=N/NS(=O)(=O)c2c(C(C)C)cc(C(C)C)cc2C(C)C)C1(C)C. The van der Waals surface area contributed by atoms with E-state index in [4.69, 9.17) is 14.2 Å². The monoisotopic (exact) mass is 536 g/mol. The zero-order valence-corrected chi connectivity index (χ0v) is 25.3. The second kappa shape index (κ2) is 13.4. The molecule has 0 fully saturated rings. The van der Waals surface area contributed by atoms with E-state index in [9.17, 15) is 8.42 Å². The first-order chi connectivity index (χ1) is 17.2. The van der Waals surface area contributed by atoms with Crippen molar-refractivity contribution in [2.45, 2.75) is 97.8 Å². The van der Waals surface area contributed by atoms with E-state index in [0.29, 0.717) is 37.1 Å². The lowest BCUT2D eigenvalue weighted by Crippen LogP contribution is -2.36. The van der Waals surface area contributed by atoms with Gasteiger partial charge in [-0.25, -0.2) is 4.83 Å². The maximum atomic E-state index is 13.8. The number of hydrazone groups is 1. The minimum atomic E-state index is -3.88. The molecule has 8 heteroatoms. The molecule has 0 aliphatic heterocycles. The molecule has 1 aliphatic carbocycles. The van der Waals surface area contributed by atoms with Gasteiger partial charge in [-0.1, -0.05) is 73.1 Å². The first-order valence-electron chi connectivity index (χ1n) is 13.3. The number of ether oxygens (including phenoxy) is 3. The largest absolute Gasteiger partial charge is 0.382 e. The molecule has 0 atom stereocenters. The van der Waals surface area contributed by atoms with Gasteiger partial charge >= 0.3 is 0 Å². The van der Waals surface area contributed by atoms with Gasteiger partial charge in [0.05, 0.1) is 24.7 Å². The van der Waals surface area contributed by atoms with Gasteiger partial charge in [-0.05, 0) is 59.8 Å². The Morgan fingerprint density at radius 1 is 0.946 bits per heavy atom. The molecule has 0 bridgehead atoms.